The lowest BCUT2D eigenvalue weighted by Crippen LogP contribution is -2.59. The molecule has 3 fully saturated rings. The molecule has 0 radical (unpaired) electrons. The maximum Gasteiger partial charge on any atom is 0.289 e. The summed E-state index contributed by atoms with van der Waals surface area (Å²) in [5.74, 6) is -3.50. The van der Waals surface area contributed by atoms with Crippen molar-refractivity contribution in [2.45, 2.75) is 121 Å². The number of rotatable bonds is 15. The van der Waals surface area contributed by atoms with Gasteiger partial charge in [0.25, 0.3) is 5.91 Å². The molecular formula is C36H53N5O6. The molecule has 0 bridgehead atoms. The number of hydrogen-bond donors (Lipinski definition) is 4. The first-order valence-electron chi connectivity index (χ1n) is 17.7. The van der Waals surface area contributed by atoms with Gasteiger partial charge in [0.05, 0.1) is 6.04 Å². The lowest BCUT2D eigenvalue weighted by atomic mass is 9.82. The van der Waals surface area contributed by atoms with Crippen LogP contribution in [0.25, 0.3) is 0 Å². The third-order valence-electron chi connectivity index (χ3n) is 10.2. The summed E-state index contributed by atoms with van der Waals surface area (Å²) < 4.78 is 0. The van der Waals surface area contributed by atoms with E-state index in [4.69, 9.17) is 0 Å². The van der Waals surface area contributed by atoms with Crippen LogP contribution in [0.2, 0.25) is 0 Å². The first-order chi connectivity index (χ1) is 22.7. The van der Waals surface area contributed by atoms with E-state index < -0.39 is 41.6 Å². The lowest BCUT2D eigenvalue weighted by Gasteiger charge is -2.36. The molecule has 1 aromatic rings. The zero-order valence-corrected chi connectivity index (χ0v) is 28.1. The summed E-state index contributed by atoms with van der Waals surface area (Å²) in [7, 11) is 1.58. The van der Waals surface area contributed by atoms with Gasteiger partial charge in [-0.2, -0.15) is 0 Å². The van der Waals surface area contributed by atoms with Crippen LogP contribution in [-0.2, 0) is 35.3 Å². The maximum absolute atomic E-state index is 14.2. The van der Waals surface area contributed by atoms with Crippen molar-refractivity contribution < 1.29 is 28.8 Å². The van der Waals surface area contributed by atoms with Gasteiger partial charge in [0, 0.05) is 32.0 Å². The van der Waals surface area contributed by atoms with E-state index in [1.165, 1.54) is 4.90 Å². The van der Waals surface area contributed by atoms with E-state index >= 15 is 0 Å². The van der Waals surface area contributed by atoms with Crippen LogP contribution in [-0.4, -0.2) is 71.9 Å². The van der Waals surface area contributed by atoms with Crippen LogP contribution in [0, 0.1) is 17.8 Å². The van der Waals surface area contributed by atoms with Crippen molar-refractivity contribution in [2.75, 3.05) is 13.6 Å². The fourth-order valence-corrected chi connectivity index (χ4v) is 7.31. The normalized spacial score (nSPS) is 20.7. The Balaban J connectivity index is 1.49. The molecule has 4 N–H and O–H groups in total. The van der Waals surface area contributed by atoms with Gasteiger partial charge < -0.3 is 26.2 Å². The number of Topliss-reactive ketones (excluding diaryl/α,β-unsaturated/α-hetero) is 1. The van der Waals surface area contributed by atoms with Crippen LogP contribution in [0.3, 0.4) is 0 Å². The minimum atomic E-state index is -1.24. The Hall–Kier alpha value is -3.76. The molecule has 47 heavy (non-hydrogen) atoms. The molecule has 0 unspecified atom stereocenters. The van der Waals surface area contributed by atoms with E-state index in [9.17, 15) is 28.8 Å². The Kier molecular flexibility index (Phi) is 13.8. The minimum absolute atomic E-state index is 0.0138. The Morgan fingerprint density at radius 1 is 0.894 bits per heavy atom. The second-order valence-corrected chi connectivity index (χ2v) is 13.6. The highest BCUT2D eigenvalue weighted by molar-refractivity contribution is 6.38. The second kappa shape index (κ2) is 18.0. The number of nitrogens with one attached hydrogen (secondary N) is 4. The van der Waals surface area contributed by atoms with Gasteiger partial charge in [-0.3, -0.25) is 28.8 Å². The maximum atomic E-state index is 14.2. The standard InChI is InChI=1S/C36H53N5O6/c1-3-13-29(41(2)36(47)30(25-16-9-5-10-17-25)40-33(44)26-18-11-6-12-19-26)34(45)39-28(22-27-20-21-37-32(27)43)31(42)35(46)38-23-24-14-7-4-8-15-24/h4,7-8,14-15,25-30H,3,5-6,9-13,16-23H2,1-2H3,(H,37,43)(H,38,46)(H,39,45)(H,40,44)/t27-,28-,29-,30+/m0/s1. The molecule has 1 saturated heterocycles. The number of ketones is 1. The van der Waals surface area contributed by atoms with Gasteiger partial charge in [0.1, 0.15) is 12.1 Å². The lowest BCUT2D eigenvalue weighted by molar-refractivity contribution is -0.145. The van der Waals surface area contributed by atoms with Crippen LogP contribution < -0.4 is 21.3 Å². The van der Waals surface area contributed by atoms with Gasteiger partial charge in [0.2, 0.25) is 29.4 Å². The zero-order valence-electron chi connectivity index (χ0n) is 28.1. The van der Waals surface area contributed by atoms with Gasteiger partial charge in [-0.05, 0) is 56.4 Å². The molecule has 2 aliphatic carbocycles. The van der Waals surface area contributed by atoms with E-state index in [1.54, 1.807) is 7.05 Å². The van der Waals surface area contributed by atoms with E-state index in [1.807, 2.05) is 37.3 Å². The zero-order chi connectivity index (χ0) is 33.8. The molecule has 5 amide bonds. The topological polar surface area (TPSA) is 154 Å². The van der Waals surface area contributed by atoms with Crippen molar-refractivity contribution in [3.8, 4) is 0 Å². The average molecular weight is 652 g/mol. The number of hydrogen-bond acceptors (Lipinski definition) is 6. The average Bonchev–Trinajstić information content (AvgIpc) is 3.51. The molecule has 11 heteroatoms. The number of likely N-dealkylation sites (N-methyl/N-ethyl adjacent to an activating group) is 1. The number of carbonyl (C=O) groups excluding carboxylic acids is 6. The highest BCUT2D eigenvalue weighted by Crippen LogP contribution is 2.30. The Morgan fingerprint density at radius 3 is 2.17 bits per heavy atom. The van der Waals surface area contributed by atoms with Crippen LogP contribution in [0.1, 0.15) is 102 Å². The van der Waals surface area contributed by atoms with Gasteiger partial charge in [-0.1, -0.05) is 82.2 Å². The van der Waals surface area contributed by atoms with E-state index in [-0.39, 0.29) is 42.5 Å². The predicted octanol–water partition coefficient (Wildman–Crippen LogP) is 3.16. The summed E-state index contributed by atoms with van der Waals surface area (Å²) >= 11 is 0. The Bertz CT molecular complexity index is 1240. The van der Waals surface area contributed by atoms with Crippen molar-refractivity contribution >= 4 is 35.3 Å². The van der Waals surface area contributed by atoms with Gasteiger partial charge in [0.15, 0.2) is 0 Å². The largest absolute Gasteiger partial charge is 0.356 e. The van der Waals surface area contributed by atoms with E-state index in [0.29, 0.717) is 25.8 Å². The molecule has 0 spiro atoms. The first-order valence-corrected chi connectivity index (χ1v) is 17.7. The Labute approximate surface area is 278 Å². The summed E-state index contributed by atoms with van der Waals surface area (Å²) in [4.78, 5) is 81.8. The highest BCUT2D eigenvalue weighted by atomic mass is 16.2. The fourth-order valence-electron chi connectivity index (χ4n) is 7.31. The molecule has 1 heterocycles. The van der Waals surface area contributed by atoms with Crippen LogP contribution >= 0.6 is 0 Å². The van der Waals surface area contributed by atoms with Crippen LogP contribution in [0.5, 0.6) is 0 Å². The van der Waals surface area contributed by atoms with Crippen molar-refractivity contribution in [1.82, 2.24) is 26.2 Å². The van der Waals surface area contributed by atoms with E-state index in [2.05, 4.69) is 21.3 Å². The van der Waals surface area contributed by atoms with Crippen LogP contribution in [0.15, 0.2) is 30.3 Å². The summed E-state index contributed by atoms with van der Waals surface area (Å²) in [6.07, 6.45) is 10.9. The Morgan fingerprint density at radius 2 is 1.55 bits per heavy atom. The third kappa shape index (κ3) is 10.1. The first kappa shape index (κ1) is 36.1. The smallest absolute Gasteiger partial charge is 0.289 e. The number of benzene rings is 1. The minimum Gasteiger partial charge on any atom is -0.356 e. The summed E-state index contributed by atoms with van der Waals surface area (Å²) in [6.45, 7) is 2.51. The second-order valence-electron chi connectivity index (χ2n) is 13.6. The summed E-state index contributed by atoms with van der Waals surface area (Å²) in [6, 6.07) is 6.27. The van der Waals surface area contributed by atoms with Gasteiger partial charge in [-0.25, -0.2) is 0 Å². The quantitative estimate of drug-likeness (QED) is 0.214. The molecular weight excluding hydrogens is 598 g/mol. The molecule has 1 aliphatic heterocycles. The molecule has 4 rings (SSSR count). The molecule has 1 aromatic carbocycles. The van der Waals surface area contributed by atoms with Crippen molar-refractivity contribution in [1.29, 1.82) is 0 Å². The summed E-state index contributed by atoms with van der Waals surface area (Å²) in [5, 5.41) is 11.3. The van der Waals surface area contributed by atoms with Gasteiger partial charge in [-0.15, -0.1) is 0 Å². The SMILES string of the molecule is CCC[C@@H](C(=O)N[C@@H](C[C@@H]1CCNC1=O)C(=O)C(=O)NCc1ccccc1)N(C)C(=O)[C@H](NC(=O)C1CCCCC1)C1CCCCC1. The monoisotopic (exact) mass is 651 g/mol. The number of amides is 5. The molecule has 11 nitrogen and oxygen atoms in total. The molecule has 3 aliphatic rings. The van der Waals surface area contributed by atoms with Gasteiger partial charge >= 0.3 is 0 Å². The third-order valence-corrected chi connectivity index (χ3v) is 10.2. The van der Waals surface area contributed by atoms with Crippen LogP contribution in [0.4, 0.5) is 0 Å². The number of nitrogens with zero attached hydrogens (tertiary/aromatic N) is 1. The molecule has 0 aromatic heterocycles. The summed E-state index contributed by atoms with van der Waals surface area (Å²) in [5.41, 5.74) is 0.815. The van der Waals surface area contributed by atoms with E-state index in [0.717, 1.165) is 69.8 Å². The number of carbonyl (C=O) groups is 6. The van der Waals surface area contributed by atoms with Crippen molar-refractivity contribution in [3.63, 3.8) is 0 Å². The molecule has 258 valence electrons. The molecule has 4 atom stereocenters. The van der Waals surface area contributed by atoms with Crippen molar-refractivity contribution in [2.24, 2.45) is 17.8 Å². The highest BCUT2D eigenvalue weighted by Gasteiger charge is 2.40. The molecule has 2 saturated carbocycles. The fraction of sp³-hybridized carbons (Fsp3) is 0.667. The predicted molar refractivity (Wildman–Crippen MR) is 178 cm³/mol. The van der Waals surface area contributed by atoms with Crippen molar-refractivity contribution in [3.05, 3.63) is 35.9 Å².